The Bertz CT molecular complexity index is 1190. The Kier molecular flexibility index (Phi) is 9.58. The molecule has 0 radical (unpaired) electrons. The van der Waals surface area contributed by atoms with Crippen molar-refractivity contribution in [2.75, 3.05) is 70.9 Å². The summed E-state index contributed by atoms with van der Waals surface area (Å²) in [5.41, 5.74) is 0.150. The van der Waals surface area contributed by atoms with E-state index in [-0.39, 0.29) is 21.9 Å². The maximum atomic E-state index is 14.1. The van der Waals surface area contributed by atoms with Crippen molar-refractivity contribution in [1.29, 1.82) is 0 Å². The Balaban J connectivity index is 1.43. The van der Waals surface area contributed by atoms with Crippen LogP contribution in [0.2, 0.25) is 0 Å². The maximum absolute atomic E-state index is 14.1. The number of piperazine rings is 1. The zero-order valence-corrected chi connectivity index (χ0v) is 22.7. The third-order valence-corrected chi connectivity index (χ3v) is 7.89. The molecule has 7 nitrogen and oxygen atoms in total. The van der Waals surface area contributed by atoms with Crippen LogP contribution in [-0.2, 0) is 20.5 Å². The van der Waals surface area contributed by atoms with Gasteiger partial charge in [-0.3, -0.25) is 14.5 Å². The van der Waals surface area contributed by atoms with Crippen LogP contribution in [0.25, 0.3) is 5.57 Å². The molecular formula is C28H33F3N4O3S. The summed E-state index contributed by atoms with van der Waals surface area (Å²) < 4.78 is 47.6. The number of hydrogen-bond donors (Lipinski definition) is 1. The van der Waals surface area contributed by atoms with Gasteiger partial charge in [0.15, 0.2) is 0 Å². The van der Waals surface area contributed by atoms with Crippen LogP contribution in [0, 0.1) is 0 Å². The summed E-state index contributed by atoms with van der Waals surface area (Å²) in [5, 5.41) is 3.35. The van der Waals surface area contributed by atoms with E-state index in [9.17, 15) is 22.8 Å². The van der Waals surface area contributed by atoms with E-state index in [2.05, 4.69) is 16.8 Å². The Hall–Kier alpha value is -3.02. The molecule has 2 amide bonds. The SMILES string of the molecule is C=C(C(=O)N1CCN(C(C)=O)CC1)c1ccc(Sc2cccc(NCCN3CCOCC3)c2)c(C(F)(F)F)c1. The van der Waals surface area contributed by atoms with Gasteiger partial charge >= 0.3 is 6.18 Å². The predicted molar refractivity (Wildman–Crippen MR) is 146 cm³/mol. The van der Waals surface area contributed by atoms with Gasteiger partial charge < -0.3 is 19.9 Å². The van der Waals surface area contributed by atoms with Gasteiger partial charge in [-0.2, -0.15) is 13.2 Å². The third-order valence-electron chi connectivity index (χ3n) is 6.83. The quantitative estimate of drug-likeness (QED) is 0.484. The molecule has 2 heterocycles. The number of hydrogen-bond acceptors (Lipinski definition) is 6. The van der Waals surface area contributed by atoms with Gasteiger partial charge in [0.1, 0.15) is 0 Å². The van der Waals surface area contributed by atoms with E-state index < -0.39 is 17.6 Å². The number of amides is 2. The van der Waals surface area contributed by atoms with Crippen LogP contribution in [0.3, 0.4) is 0 Å². The van der Waals surface area contributed by atoms with E-state index >= 15 is 0 Å². The molecule has 0 saturated carbocycles. The van der Waals surface area contributed by atoms with Crippen LogP contribution >= 0.6 is 11.8 Å². The minimum atomic E-state index is -4.61. The standard InChI is InChI=1S/C28H33F3N4O3S/c1-20(27(37)35-12-10-34(11-13-35)21(2)36)22-6-7-26(25(18-22)28(29,30)31)39-24-5-3-4-23(19-24)32-8-9-33-14-16-38-17-15-33/h3-7,18-19,32H,1,8-17H2,2H3. The van der Waals surface area contributed by atoms with E-state index in [0.29, 0.717) is 31.1 Å². The van der Waals surface area contributed by atoms with Gasteiger partial charge in [-0.25, -0.2) is 0 Å². The summed E-state index contributed by atoms with van der Waals surface area (Å²) in [6, 6.07) is 11.2. The van der Waals surface area contributed by atoms with Gasteiger partial charge in [-0.15, -0.1) is 0 Å². The normalized spacial score (nSPS) is 16.7. The smallest absolute Gasteiger partial charge is 0.384 e. The highest BCUT2D eigenvalue weighted by Gasteiger charge is 2.35. The number of carbonyl (C=O) groups is 2. The van der Waals surface area contributed by atoms with E-state index in [4.69, 9.17) is 4.74 Å². The van der Waals surface area contributed by atoms with Crippen molar-refractivity contribution in [2.24, 2.45) is 0 Å². The van der Waals surface area contributed by atoms with E-state index in [1.54, 1.807) is 11.0 Å². The molecule has 2 aromatic rings. The van der Waals surface area contributed by atoms with Crippen LogP contribution in [0.1, 0.15) is 18.1 Å². The minimum Gasteiger partial charge on any atom is -0.384 e. The number of alkyl halides is 3. The van der Waals surface area contributed by atoms with E-state index in [1.165, 1.54) is 24.0 Å². The lowest BCUT2D eigenvalue weighted by Crippen LogP contribution is -2.50. The highest BCUT2D eigenvalue weighted by atomic mass is 32.2. The number of halogens is 3. The molecule has 0 aromatic heterocycles. The second-order valence-corrected chi connectivity index (χ2v) is 10.6. The molecule has 0 unspecified atom stereocenters. The number of carbonyl (C=O) groups excluding carboxylic acids is 2. The van der Waals surface area contributed by atoms with Gasteiger partial charge in [0.2, 0.25) is 5.91 Å². The molecule has 2 saturated heterocycles. The number of nitrogens with one attached hydrogen (secondary N) is 1. The highest BCUT2D eigenvalue weighted by Crippen LogP contribution is 2.41. The maximum Gasteiger partial charge on any atom is 0.417 e. The molecule has 0 atom stereocenters. The summed E-state index contributed by atoms with van der Waals surface area (Å²) in [6.07, 6.45) is -4.61. The number of rotatable bonds is 8. The summed E-state index contributed by atoms with van der Waals surface area (Å²) in [6.45, 7) is 11.5. The molecule has 2 aliphatic rings. The molecule has 0 spiro atoms. The molecule has 2 aromatic carbocycles. The van der Waals surface area contributed by atoms with Gasteiger partial charge in [-0.1, -0.05) is 30.5 Å². The first-order valence-electron chi connectivity index (χ1n) is 12.9. The zero-order chi connectivity index (χ0) is 28.0. The van der Waals surface area contributed by atoms with E-state index in [0.717, 1.165) is 62.9 Å². The van der Waals surface area contributed by atoms with Gasteiger partial charge in [0.05, 0.1) is 18.8 Å². The summed E-state index contributed by atoms with van der Waals surface area (Å²) >= 11 is 1.03. The average Bonchev–Trinajstić information content (AvgIpc) is 2.93. The van der Waals surface area contributed by atoms with Crippen molar-refractivity contribution in [3.8, 4) is 0 Å². The van der Waals surface area contributed by atoms with Crippen molar-refractivity contribution in [2.45, 2.75) is 22.9 Å². The van der Waals surface area contributed by atoms with Crippen molar-refractivity contribution in [3.05, 3.63) is 60.2 Å². The largest absolute Gasteiger partial charge is 0.417 e. The van der Waals surface area contributed by atoms with Crippen LogP contribution < -0.4 is 5.32 Å². The summed E-state index contributed by atoms with van der Waals surface area (Å²) in [5.74, 6) is -0.499. The first-order chi connectivity index (χ1) is 18.6. The van der Waals surface area contributed by atoms with Crippen LogP contribution in [0.5, 0.6) is 0 Å². The van der Waals surface area contributed by atoms with Crippen molar-refractivity contribution < 1.29 is 27.5 Å². The van der Waals surface area contributed by atoms with Crippen molar-refractivity contribution in [1.82, 2.24) is 14.7 Å². The number of nitrogens with zero attached hydrogens (tertiary/aromatic N) is 3. The van der Waals surface area contributed by atoms with Crippen LogP contribution in [0.15, 0.2) is 58.8 Å². The molecule has 1 N–H and O–H groups in total. The van der Waals surface area contributed by atoms with Gasteiger partial charge in [-0.05, 0) is 35.9 Å². The minimum absolute atomic E-state index is 0.000194. The highest BCUT2D eigenvalue weighted by molar-refractivity contribution is 7.99. The average molecular weight is 563 g/mol. The van der Waals surface area contributed by atoms with Crippen LogP contribution in [-0.4, -0.2) is 92.1 Å². The molecular weight excluding hydrogens is 529 g/mol. The number of ether oxygens (including phenoxy) is 1. The fourth-order valence-corrected chi connectivity index (χ4v) is 5.55. The molecule has 11 heteroatoms. The fraction of sp³-hybridized carbons (Fsp3) is 0.429. The predicted octanol–water partition coefficient (Wildman–Crippen LogP) is 4.30. The number of morpholine rings is 1. The molecule has 210 valence electrons. The second kappa shape index (κ2) is 12.9. The first-order valence-corrected chi connectivity index (χ1v) is 13.7. The molecule has 2 fully saturated rings. The van der Waals surface area contributed by atoms with E-state index in [1.807, 2.05) is 18.2 Å². The second-order valence-electron chi connectivity index (χ2n) is 9.50. The lowest BCUT2D eigenvalue weighted by molar-refractivity contribution is -0.139. The Morgan fingerprint density at radius 2 is 1.69 bits per heavy atom. The molecule has 2 aliphatic heterocycles. The molecule has 0 bridgehead atoms. The molecule has 39 heavy (non-hydrogen) atoms. The van der Waals surface area contributed by atoms with Crippen molar-refractivity contribution >= 4 is 34.8 Å². The fourth-order valence-electron chi connectivity index (χ4n) is 4.55. The Morgan fingerprint density at radius 3 is 2.36 bits per heavy atom. The monoisotopic (exact) mass is 562 g/mol. The topological polar surface area (TPSA) is 65.1 Å². The van der Waals surface area contributed by atoms with Gasteiger partial charge in [0, 0.05) is 80.3 Å². The Morgan fingerprint density at radius 1 is 1.00 bits per heavy atom. The number of anilines is 1. The first kappa shape index (κ1) is 29.0. The number of benzene rings is 2. The lowest BCUT2D eigenvalue weighted by Gasteiger charge is -2.34. The zero-order valence-electron chi connectivity index (χ0n) is 21.9. The van der Waals surface area contributed by atoms with Crippen LogP contribution in [0.4, 0.5) is 18.9 Å². The summed E-state index contributed by atoms with van der Waals surface area (Å²) in [4.78, 5) is 30.7. The third kappa shape index (κ3) is 7.77. The Labute approximate surface area is 231 Å². The lowest BCUT2D eigenvalue weighted by atomic mass is 10.0. The molecule has 4 rings (SSSR count). The summed E-state index contributed by atoms with van der Waals surface area (Å²) in [7, 11) is 0. The van der Waals surface area contributed by atoms with Crippen molar-refractivity contribution in [3.63, 3.8) is 0 Å². The molecule has 0 aliphatic carbocycles. The van der Waals surface area contributed by atoms with Gasteiger partial charge in [0.25, 0.3) is 5.91 Å².